The van der Waals surface area contributed by atoms with E-state index in [0.717, 1.165) is 11.4 Å². The van der Waals surface area contributed by atoms with Crippen LogP contribution in [0.1, 0.15) is 11.4 Å². The van der Waals surface area contributed by atoms with Gasteiger partial charge in [-0.05, 0) is 13.0 Å². The predicted octanol–water partition coefficient (Wildman–Crippen LogP) is 0.371. The normalized spacial score (nSPS) is 12.8. The standard InChI is InChI=1S/C9H14N2O3/c1-6-4-7(11(2)10-6)5-8(14-3)9(12)13/h4,8H,5H2,1-3H3,(H,12,13). The Morgan fingerprint density at radius 1 is 1.79 bits per heavy atom. The van der Waals surface area contributed by atoms with Crippen LogP contribution in [0.5, 0.6) is 0 Å². The molecule has 14 heavy (non-hydrogen) atoms. The van der Waals surface area contributed by atoms with Crippen molar-refractivity contribution in [2.75, 3.05) is 7.11 Å². The summed E-state index contributed by atoms with van der Waals surface area (Å²) in [6.07, 6.45) is -0.465. The van der Waals surface area contributed by atoms with E-state index in [2.05, 4.69) is 5.10 Å². The lowest BCUT2D eigenvalue weighted by atomic mass is 10.2. The monoisotopic (exact) mass is 198 g/mol. The van der Waals surface area contributed by atoms with E-state index in [1.54, 1.807) is 11.7 Å². The number of hydrogen-bond acceptors (Lipinski definition) is 3. The number of rotatable bonds is 4. The van der Waals surface area contributed by atoms with E-state index in [4.69, 9.17) is 9.84 Å². The molecule has 0 aliphatic heterocycles. The number of carboxylic acids is 1. The molecule has 0 saturated carbocycles. The van der Waals surface area contributed by atoms with Crippen LogP contribution in [0.3, 0.4) is 0 Å². The van der Waals surface area contributed by atoms with Gasteiger partial charge in [-0.25, -0.2) is 4.79 Å². The fraction of sp³-hybridized carbons (Fsp3) is 0.556. The highest BCUT2D eigenvalue weighted by Crippen LogP contribution is 2.07. The van der Waals surface area contributed by atoms with E-state index < -0.39 is 12.1 Å². The first kappa shape index (κ1) is 10.7. The molecule has 0 amide bonds. The van der Waals surface area contributed by atoms with Crippen LogP contribution in [-0.2, 0) is 23.0 Å². The van der Waals surface area contributed by atoms with E-state index in [1.807, 2.05) is 13.0 Å². The van der Waals surface area contributed by atoms with Crippen LogP contribution < -0.4 is 0 Å². The fourth-order valence-corrected chi connectivity index (χ4v) is 1.32. The van der Waals surface area contributed by atoms with Gasteiger partial charge in [0.05, 0.1) is 5.69 Å². The van der Waals surface area contributed by atoms with Crippen molar-refractivity contribution in [3.05, 3.63) is 17.5 Å². The number of ether oxygens (including phenoxy) is 1. The smallest absolute Gasteiger partial charge is 0.333 e. The van der Waals surface area contributed by atoms with Crippen LogP contribution >= 0.6 is 0 Å². The second-order valence-electron chi connectivity index (χ2n) is 3.17. The first-order chi connectivity index (χ1) is 6.54. The predicted molar refractivity (Wildman–Crippen MR) is 50.1 cm³/mol. The molecule has 0 aromatic carbocycles. The maximum Gasteiger partial charge on any atom is 0.333 e. The van der Waals surface area contributed by atoms with Crippen LogP contribution in [0.15, 0.2) is 6.07 Å². The number of nitrogens with zero attached hydrogens (tertiary/aromatic N) is 2. The summed E-state index contributed by atoms with van der Waals surface area (Å²) in [4.78, 5) is 10.7. The maximum atomic E-state index is 10.7. The zero-order chi connectivity index (χ0) is 10.7. The van der Waals surface area contributed by atoms with E-state index in [9.17, 15) is 4.79 Å². The molecule has 1 aromatic heterocycles. The van der Waals surface area contributed by atoms with Gasteiger partial charge in [0.1, 0.15) is 0 Å². The number of aromatic nitrogens is 2. The number of carbonyl (C=O) groups is 1. The number of aryl methyl sites for hydroxylation is 2. The van der Waals surface area contributed by atoms with Crippen molar-refractivity contribution < 1.29 is 14.6 Å². The number of hydrogen-bond donors (Lipinski definition) is 1. The molecule has 78 valence electrons. The van der Waals surface area contributed by atoms with Crippen molar-refractivity contribution in [1.82, 2.24) is 9.78 Å². The molecule has 5 nitrogen and oxygen atoms in total. The molecule has 0 spiro atoms. The van der Waals surface area contributed by atoms with E-state index in [1.165, 1.54) is 7.11 Å². The Morgan fingerprint density at radius 3 is 2.79 bits per heavy atom. The maximum absolute atomic E-state index is 10.7. The van der Waals surface area contributed by atoms with Gasteiger partial charge in [-0.2, -0.15) is 5.10 Å². The van der Waals surface area contributed by atoms with Crippen LogP contribution in [0.25, 0.3) is 0 Å². The van der Waals surface area contributed by atoms with Crippen LogP contribution in [0, 0.1) is 6.92 Å². The Kier molecular flexibility index (Phi) is 3.24. The van der Waals surface area contributed by atoms with Crippen molar-refractivity contribution in [3.63, 3.8) is 0 Å². The van der Waals surface area contributed by atoms with Gasteiger partial charge in [-0.1, -0.05) is 0 Å². The van der Waals surface area contributed by atoms with Crippen molar-refractivity contribution in [2.24, 2.45) is 7.05 Å². The minimum absolute atomic E-state index is 0.336. The Bertz CT molecular complexity index is 333. The van der Waals surface area contributed by atoms with Gasteiger partial charge < -0.3 is 9.84 Å². The van der Waals surface area contributed by atoms with E-state index in [0.29, 0.717) is 6.42 Å². The summed E-state index contributed by atoms with van der Waals surface area (Å²) in [7, 11) is 3.18. The quantitative estimate of drug-likeness (QED) is 0.759. The first-order valence-electron chi connectivity index (χ1n) is 4.29. The van der Waals surface area contributed by atoms with E-state index >= 15 is 0 Å². The second-order valence-corrected chi connectivity index (χ2v) is 3.17. The lowest BCUT2D eigenvalue weighted by Crippen LogP contribution is -2.25. The molecule has 1 rings (SSSR count). The molecule has 1 aromatic rings. The topological polar surface area (TPSA) is 64.4 Å². The van der Waals surface area contributed by atoms with Crippen LogP contribution in [-0.4, -0.2) is 34.1 Å². The lowest BCUT2D eigenvalue weighted by Gasteiger charge is -2.09. The van der Waals surface area contributed by atoms with Gasteiger partial charge in [0, 0.05) is 26.3 Å². The zero-order valence-electron chi connectivity index (χ0n) is 8.52. The van der Waals surface area contributed by atoms with Crippen molar-refractivity contribution in [3.8, 4) is 0 Å². The molecule has 0 fully saturated rings. The van der Waals surface area contributed by atoms with Gasteiger partial charge in [0.15, 0.2) is 6.10 Å². The Morgan fingerprint density at radius 2 is 2.43 bits per heavy atom. The average molecular weight is 198 g/mol. The molecular formula is C9H14N2O3. The largest absolute Gasteiger partial charge is 0.479 e. The Hall–Kier alpha value is -1.36. The van der Waals surface area contributed by atoms with Crippen molar-refractivity contribution in [2.45, 2.75) is 19.4 Å². The summed E-state index contributed by atoms with van der Waals surface area (Å²) in [6.45, 7) is 1.87. The highest BCUT2D eigenvalue weighted by molar-refractivity contribution is 5.72. The second kappa shape index (κ2) is 4.23. The summed E-state index contributed by atoms with van der Waals surface area (Å²) in [6, 6.07) is 1.86. The molecule has 5 heteroatoms. The lowest BCUT2D eigenvalue weighted by molar-refractivity contribution is -0.148. The van der Waals surface area contributed by atoms with Gasteiger partial charge >= 0.3 is 5.97 Å². The first-order valence-corrected chi connectivity index (χ1v) is 4.29. The van der Waals surface area contributed by atoms with Crippen LogP contribution in [0.4, 0.5) is 0 Å². The number of methoxy groups -OCH3 is 1. The Balaban J connectivity index is 2.76. The van der Waals surface area contributed by atoms with Gasteiger partial charge in [0.25, 0.3) is 0 Å². The molecule has 1 heterocycles. The fourth-order valence-electron chi connectivity index (χ4n) is 1.32. The molecule has 0 aliphatic rings. The van der Waals surface area contributed by atoms with Gasteiger partial charge in [0.2, 0.25) is 0 Å². The highest BCUT2D eigenvalue weighted by atomic mass is 16.5. The molecule has 0 aliphatic carbocycles. The molecule has 0 bridgehead atoms. The van der Waals surface area contributed by atoms with Crippen molar-refractivity contribution in [1.29, 1.82) is 0 Å². The average Bonchev–Trinajstić information content (AvgIpc) is 2.40. The summed E-state index contributed by atoms with van der Waals surface area (Å²) in [5.74, 6) is -0.952. The summed E-state index contributed by atoms with van der Waals surface area (Å²) < 4.78 is 6.51. The molecule has 0 radical (unpaired) electrons. The highest BCUT2D eigenvalue weighted by Gasteiger charge is 2.18. The van der Waals surface area contributed by atoms with Gasteiger partial charge in [-0.3, -0.25) is 4.68 Å². The third kappa shape index (κ3) is 2.32. The molecule has 1 unspecified atom stereocenters. The minimum atomic E-state index is -0.952. The minimum Gasteiger partial charge on any atom is -0.479 e. The SMILES string of the molecule is COC(Cc1cc(C)nn1C)C(=O)O. The summed E-state index contributed by atoms with van der Waals surface area (Å²) in [5.41, 5.74) is 1.74. The third-order valence-corrected chi connectivity index (χ3v) is 2.05. The van der Waals surface area contributed by atoms with E-state index in [-0.39, 0.29) is 0 Å². The molecule has 1 N–H and O–H groups in total. The Labute approximate surface area is 82.3 Å². The van der Waals surface area contributed by atoms with Gasteiger partial charge in [-0.15, -0.1) is 0 Å². The third-order valence-electron chi connectivity index (χ3n) is 2.05. The molecule has 1 atom stereocenters. The van der Waals surface area contributed by atoms with Crippen LogP contribution in [0.2, 0.25) is 0 Å². The summed E-state index contributed by atoms with van der Waals surface area (Å²) >= 11 is 0. The number of carboxylic acid groups (broad SMARTS) is 1. The summed E-state index contributed by atoms with van der Waals surface area (Å²) in [5, 5.41) is 12.9. The molecular weight excluding hydrogens is 184 g/mol. The van der Waals surface area contributed by atoms with Crippen molar-refractivity contribution >= 4 is 5.97 Å². The molecule has 0 saturated heterocycles. The number of aliphatic carboxylic acids is 1. The zero-order valence-corrected chi connectivity index (χ0v) is 8.52.